The van der Waals surface area contributed by atoms with Crippen molar-refractivity contribution >= 4 is 5.82 Å². The summed E-state index contributed by atoms with van der Waals surface area (Å²) in [6, 6.07) is 3.98. The molecule has 3 atom stereocenters. The molecular weight excluding hydrogens is 228 g/mol. The third-order valence-corrected chi connectivity index (χ3v) is 4.32. The van der Waals surface area contributed by atoms with E-state index in [9.17, 15) is 5.11 Å². The van der Waals surface area contributed by atoms with E-state index in [-0.39, 0.29) is 6.10 Å². The van der Waals surface area contributed by atoms with Crippen LogP contribution in [0.5, 0.6) is 0 Å². The lowest BCUT2D eigenvalue weighted by Gasteiger charge is -2.19. The molecular formula is C13H20N4O. The fourth-order valence-electron chi connectivity index (χ4n) is 3.40. The first kappa shape index (κ1) is 11.9. The summed E-state index contributed by atoms with van der Waals surface area (Å²) in [6.07, 6.45) is 3.78. The van der Waals surface area contributed by atoms with Gasteiger partial charge in [0.2, 0.25) is 0 Å². The quantitative estimate of drug-likeness (QED) is 0.538. The minimum Gasteiger partial charge on any atom is -0.393 e. The van der Waals surface area contributed by atoms with Gasteiger partial charge in [-0.05, 0) is 24.8 Å². The Kier molecular flexibility index (Phi) is 3.20. The maximum absolute atomic E-state index is 9.91. The Balaban J connectivity index is 1.68. The van der Waals surface area contributed by atoms with Crippen LogP contribution in [0.1, 0.15) is 18.4 Å². The maximum Gasteiger partial charge on any atom is 0.144 e. The molecule has 2 fully saturated rings. The fourth-order valence-corrected chi connectivity index (χ4v) is 3.40. The van der Waals surface area contributed by atoms with E-state index in [4.69, 9.17) is 5.84 Å². The molecule has 4 N–H and O–H groups in total. The van der Waals surface area contributed by atoms with Gasteiger partial charge in [0.05, 0.1) is 6.10 Å². The van der Waals surface area contributed by atoms with Crippen molar-refractivity contribution in [1.82, 2.24) is 9.88 Å². The van der Waals surface area contributed by atoms with Crippen LogP contribution in [0.15, 0.2) is 18.3 Å². The molecule has 3 rings (SSSR count). The minimum absolute atomic E-state index is 0.0963. The summed E-state index contributed by atoms with van der Waals surface area (Å²) in [5.74, 6) is 7.35. The molecule has 2 aliphatic rings. The Labute approximate surface area is 107 Å². The van der Waals surface area contributed by atoms with Crippen molar-refractivity contribution in [3.05, 3.63) is 23.9 Å². The number of hydrogen-bond donors (Lipinski definition) is 3. The zero-order valence-electron chi connectivity index (χ0n) is 10.4. The van der Waals surface area contributed by atoms with Crippen LogP contribution in [0, 0.1) is 11.8 Å². The topological polar surface area (TPSA) is 74.4 Å². The summed E-state index contributed by atoms with van der Waals surface area (Å²) in [7, 11) is 0. The van der Waals surface area contributed by atoms with Gasteiger partial charge in [-0.25, -0.2) is 10.8 Å². The number of aromatic nitrogens is 1. The Morgan fingerprint density at radius 2 is 2.33 bits per heavy atom. The minimum atomic E-state index is -0.0963. The molecule has 1 saturated heterocycles. The van der Waals surface area contributed by atoms with Gasteiger partial charge in [-0.3, -0.25) is 4.90 Å². The van der Waals surface area contributed by atoms with Gasteiger partial charge >= 0.3 is 0 Å². The van der Waals surface area contributed by atoms with E-state index in [0.717, 1.165) is 43.9 Å². The number of anilines is 1. The lowest BCUT2D eigenvalue weighted by molar-refractivity contribution is 0.123. The van der Waals surface area contributed by atoms with Gasteiger partial charge in [-0.2, -0.15) is 0 Å². The molecule has 98 valence electrons. The summed E-state index contributed by atoms with van der Waals surface area (Å²) in [4.78, 5) is 6.61. The predicted molar refractivity (Wildman–Crippen MR) is 69.5 cm³/mol. The molecule has 5 heteroatoms. The average Bonchev–Trinajstić information content (AvgIpc) is 2.93. The molecule has 1 aliphatic carbocycles. The number of aliphatic hydroxyl groups excluding tert-OH is 1. The SMILES string of the molecule is NNc1ncccc1CN1CC2CCC(O)C2C1. The molecule has 0 amide bonds. The van der Waals surface area contributed by atoms with Gasteiger partial charge in [-0.15, -0.1) is 0 Å². The molecule has 0 radical (unpaired) electrons. The Morgan fingerprint density at radius 3 is 3.11 bits per heavy atom. The van der Waals surface area contributed by atoms with E-state index in [1.807, 2.05) is 12.1 Å². The first-order valence-corrected chi connectivity index (χ1v) is 6.59. The predicted octanol–water partition coefficient (Wildman–Crippen LogP) is 0.570. The highest BCUT2D eigenvalue weighted by molar-refractivity contribution is 5.42. The number of nitrogen functional groups attached to an aromatic ring is 1. The van der Waals surface area contributed by atoms with Crippen molar-refractivity contribution in [2.75, 3.05) is 18.5 Å². The van der Waals surface area contributed by atoms with Crippen molar-refractivity contribution in [1.29, 1.82) is 0 Å². The van der Waals surface area contributed by atoms with E-state index < -0.39 is 0 Å². The molecule has 1 aromatic heterocycles. The number of nitrogens with two attached hydrogens (primary N) is 1. The molecule has 0 spiro atoms. The number of aliphatic hydroxyl groups is 1. The second kappa shape index (κ2) is 4.84. The van der Waals surface area contributed by atoms with Gasteiger partial charge in [0, 0.05) is 37.3 Å². The zero-order chi connectivity index (χ0) is 12.5. The number of likely N-dealkylation sites (tertiary alicyclic amines) is 1. The summed E-state index contributed by atoms with van der Waals surface area (Å²) in [6.45, 7) is 2.93. The summed E-state index contributed by atoms with van der Waals surface area (Å²) in [5, 5.41) is 9.91. The smallest absolute Gasteiger partial charge is 0.144 e. The van der Waals surface area contributed by atoms with Crippen LogP contribution in [0.3, 0.4) is 0 Å². The highest BCUT2D eigenvalue weighted by Gasteiger charge is 2.41. The van der Waals surface area contributed by atoms with Crippen LogP contribution in [-0.2, 0) is 6.54 Å². The van der Waals surface area contributed by atoms with E-state index >= 15 is 0 Å². The number of hydrazine groups is 1. The van der Waals surface area contributed by atoms with Crippen LogP contribution in [0.4, 0.5) is 5.82 Å². The van der Waals surface area contributed by atoms with Crippen molar-refractivity contribution in [3.8, 4) is 0 Å². The number of pyridine rings is 1. The molecule has 0 bridgehead atoms. The fraction of sp³-hybridized carbons (Fsp3) is 0.615. The zero-order valence-corrected chi connectivity index (χ0v) is 10.4. The average molecular weight is 248 g/mol. The summed E-state index contributed by atoms with van der Waals surface area (Å²) < 4.78 is 0. The van der Waals surface area contributed by atoms with Crippen molar-refractivity contribution in [2.24, 2.45) is 17.7 Å². The van der Waals surface area contributed by atoms with Crippen molar-refractivity contribution in [3.63, 3.8) is 0 Å². The van der Waals surface area contributed by atoms with Crippen molar-refractivity contribution < 1.29 is 5.11 Å². The first-order chi connectivity index (χ1) is 8.78. The van der Waals surface area contributed by atoms with Gasteiger partial charge in [-0.1, -0.05) is 6.07 Å². The largest absolute Gasteiger partial charge is 0.393 e. The van der Waals surface area contributed by atoms with E-state index in [1.54, 1.807) is 6.20 Å². The van der Waals surface area contributed by atoms with Crippen LogP contribution in [0.2, 0.25) is 0 Å². The van der Waals surface area contributed by atoms with Crippen molar-refractivity contribution in [2.45, 2.75) is 25.5 Å². The van der Waals surface area contributed by atoms with Gasteiger partial charge in [0.25, 0.3) is 0 Å². The third-order valence-electron chi connectivity index (χ3n) is 4.32. The monoisotopic (exact) mass is 248 g/mol. The van der Waals surface area contributed by atoms with Gasteiger partial charge in [0.1, 0.15) is 5.82 Å². The molecule has 18 heavy (non-hydrogen) atoms. The molecule has 5 nitrogen and oxygen atoms in total. The molecule has 1 aliphatic heterocycles. The highest BCUT2D eigenvalue weighted by atomic mass is 16.3. The summed E-state index contributed by atoms with van der Waals surface area (Å²) >= 11 is 0. The van der Waals surface area contributed by atoms with Crippen LogP contribution in [-0.4, -0.2) is 34.2 Å². The number of fused-ring (bicyclic) bond motifs is 1. The molecule has 1 aromatic rings. The first-order valence-electron chi connectivity index (χ1n) is 6.59. The van der Waals surface area contributed by atoms with Crippen LogP contribution >= 0.6 is 0 Å². The normalized spacial score (nSPS) is 31.6. The Hall–Kier alpha value is -1.17. The third kappa shape index (κ3) is 2.09. The Bertz CT molecular complexity index is 425. The van der Waals surface area contributed by atoms with E-state index in [2.05, 4.69) is 15.3 Å². The second-order valence-electron chi connectivity index (χ2n) is 5.42. The Morgan fingerprint density at radius 1 is 1.44 bits per heavy atom. The lowest BCUT2D eigenvalue weighted by atomic mass is 10.00. The number of hydrogen-bond acceptors (Lipinski definition) is 5. The van der Waals surface area contributed by atoms with Gasteiger partial charge < -0.3 is 10.5 Å². The lowest BCUT2D eigenvalue weighted by Crippen LogP contribution is -2.25. The maximum atomic E-state index is 9.91. The molecule has 1 saturated carbocycles. The molecule has 0 aromatic carbocycles. The number of nitrogens with zero attached hydrogens (tertiary/aromatic N) is 2. The van der Waals surface area contributed by atoms with Gasteiger partial charge in [0.15, 0.2) is 0 Å². The number of nitrogens with one attached hydrogen (secondary N) is 1. The van der Waals surface area contributed by atoms with E-state index in [0.29, 0.717) is 11.8 Å². The number of rotatable bonds is 3. The second-order valence-corrected chi connectivity index (χ2v) is 5.42. The molecule has 2 heterocycles. The highest BCUT2D eigenvalue weighted by Crippen LogP contribution is 2.38. The van der Waals surface area contributed by atoms with E-state index in [1.165, 1.54) is 0 Å². The standard InChI is InChI=1S/C13H20N4O/c14-16-13-10(2-1-5-15-13)7-17-6-9-3-4-12(18)11(9)8-17/h1-2,5,9,11-12,18H,3-4,6-8,14H2,(H,15,16). The molecule has 3 unspecified atom stereocenters. The van der Waals surface area contributed by atoms with Crippen LogP contribution < -0.4 is 11.3 Å². The summed E-state index contributed by atoms with van der Waals surface area (Å²) in [5.41, 5.74) is 3.76. The van der Waals surface area contributed by atoms with Crippen LogP contribution in [0.25, 0.3) is 0 Å².